The van der Waals surface area contributed by atoms with Gasteiger partial charge in [-0.1, -0.05) is 52.3 Å². The number of thiazole rings is 1. The number of hydrogen-bond donors (Lipinski definition) is 1. The summed E-state index contributed by atoms with van der Waals surface area (Å²) >= 11 is 5.35. The molecule has 0 amide bonds. The van der Waals surface area contributed by atoms with Crippen LogP contribution in [0.25, 0.3) is 43.5 Å². The average molecular weight is 605 g/mol. The van der Waals surface area contributed by atoms with E-state index in [1.807, 2.05) is 24.3 Å². The highest BCUT2D eigenvalue weighted by molar-refractivity contribution is 9.10. The normalized spacial score (nSPS) is 14.3. The Balaban J connectivity index is 1.49. The van der Waals surface area contributed by atoms with E-state index in [0.717, 1.165) is 70.7 Å². The Morgan fingerprint density at radius 3 is 2.40 bits per heavy atom. The molecule has 194 valence electrons. The monoisotopic (exact) mass is 603 g/mol. The Kier molecular flexibility index (Phi) is 5.27. The maximum atomic E-state index is 6.72. The number of nitrogens with zero attached hydrogens (tertiary/aromatic N) is 2. The topological polar surface area (TPSA) is 60.2 Å². The first kappa shape index (κ1) is 23.7. The molecule has 0 aliphatic carbocycles. The summed E-state index contributed by atoms with van der Waals surface area (Å²) in [5, 5.41) is 7.02. The predicted octanol–water partition coefficient (Wildman–Crippen LogP) is 9.57. The molecule has 5 aromatic carbocycles. The lowest BCUT2D eigenvalue weighted by molar-refractivity contribution is 0.415. The first-order valence-corrected chi connectivity index (χ1v) is 14.6. The lowest BCUT2D eigenvalue weighted by Gasteiger charge is -2.31. The third kappa shape index (κ3) is 3.51. The number of methoxy groups -OCH3 is 1. The lowest BCUT2D eigenvalue weighted by atomic mass is 9.79. The van der Waals surface area contributed by atoms with Crippen molar-refractivity contribution >= 4 is 70.7 Å². The highest BCUT2D eigenvalue weighted by Crippen LogP contribution is 2.53. The van der Waals surface area contributed by atoms with E-state index in [1.54, 1.807) is 18.4 Å². The maximum Gasteiger partial charge on any atom is 0.227 e. The van der Waals surface area contributed by atoms with Crippen LogP contribution >= 0.6 is 27.3 Å². The Bertz CT molecular complexity index is 2100. The SMILES string of the molecule is COc1ccc(-c2nc3c(o2)c2c(c4ccccc43)Nc3ccc4sc(C)nc4c3C2c2ccc(Br)cc2)cc1. The van der Waals surface area contributed by atoms with Crippen molar-refractivity contribution in [3.63, 3.8) is 0 Å². The molecule has 0 fully saturated rings. The molecule has 7 aromatic rings. The van der Waals surface area contributed by atoms with Gasteiger partial charge in [0.25, 0.3) is 0 Å². The largest absolute Gasteiger partial charge is 0.497 e. The van der Waals surface area contributed by atoms with E-state index in [-0.39, 0.29) is 5.92 Å². The van der Waals surface area contributed by atoms with Crippen molar-refractivity contribution in [2.24, 2.45) is 0 Å². The summed E-state index contributed by atoms with van der Waals surface area (Å²) < 4.78 is 14.3. The maximum absolute atomic E-state index is 6.72. The average Bonchev–Trinajstić information content (AvgIpc) is 3.60. The van der Waals surface area contributed by atoms with Gasteiger partial charge in [-0.3, -0.25) is 0 Å². The van der Waals surface area contributed by atoms with Crippen LogP contribution in [0.1, 0.15) is 27.6 Å². The van der Waals surface area contributed by atoms with Gasteiger partial charge in [-0.05, 0) is 61.0 Å². The number of fused-ring (bicyclic) bond motifs is 9. The summed E-state index contributed by atoms with van der Waals surface area (Å²) in [5.41, 5.74) is 9.10. The third-order valence-electron chi connectivity index (χ3n) is 7.68. The van der Waals surface area contributed by atoms with Gasteiger partial charge in [-0.2, -0.15) is 0 Å². The second-order valence-electron chi connectivity index (χ2n) is 9.98. The van der Waals surface area contributed by atoms with Crippen LogP contribution in [0.5, 0.6) is 5.75 Å². The number of ether oxygens (including phenoxy) is 1. The van der Waals surface area contributed by atoms with Gasteiger partial charge in [0.05, 0.1) is 28.0 Å². The molecular weight excluding hydrogens is 582 g/mol. The van der Waals surface area contributed by atoms with Crippen LogP contribution in [0.2, 0.25) is 0 Å². The minimum atomic E-state index is -0.103. The fraction of sp³-hybridized carbons (Fsp3) is 0.0909. The van der Waals surface area contributed by atoms with E-state index in [2.05, 4.69) is 88.8 Å². The Morgan fingerprint density at radius 1 is 0.850 bits per heavy atom. The molecule has 0 saturated heterocycles. The van der Waals surface area contributed by atoms with E-state index in [1.165, 1.54) is 10.3 Å². The van der Waals surface area contributed by atoms with Gasteiger partial charge in [0.15, 0.2) is 5.58 Å². The van der Waals surface area contributed by atoms with E-state index < -0.39 is 0 Å². The van der Waals surface area contributed by atoms with Crippen LogP contribution in [0, 0.1) is 6.92 Å². The van der Waals surface area contributed by atoms with Crippen molar-refractivity contribution in [3.05, 3.63) is 111 Å². The minimum Gasteiger partial charge on any atom is -0.497 e. The lowest BCUT2D eigenvalue weighted by Crippen LogP contribution is -2.15. The van der Waals surface area contributed by atoms with Gasteiger partial charge in [-0.15, -0.1) is 11.3 Å². The Labute approximate surface area is 242 Å². The zero-order valence-corrected chi connectivity index (χ0v) is 24.1. The minimum absolute atomic E-state index is 0.103. The van der Waals surface area contributed by atoms with E-state index in [4.69, 9.17) is 19.1 Å². The zero-order valence-electron chi connectivity index (χ0n) is 21.7. The molecule has 8 rings (SSSR count). The summed E-state index contributed by atoms with van der Waals surface area (Å²) in [6, 6.07) is 29.2. The second-order valence-corrected chi connectivity index (χ2v) is 12.1. The molecule has 3 heterocycles. The van der Waals surface area contributed by atoms with E-state index in [0.29, 0.717) is 5.89 Å². The number of nitrogens with one attached hydrogen (secondary N) is 1. The van der Waals surface area contributed by atoms with Gasteiger partial charge in [0, 0.05) is 43.5 Å². The van der Waals surface area contributed by atoms with E-state index in [9.17, 15) is 0 Å². The van der Waals surface area contributed by atoms with Crippen LogP contribution in [0.4, 0.5) is 11.4 Å². The van der Waals surface area contributed by atoms with Crippen molar-refractivity contribution in [2.75, 3.05) is 12.4 Å². The summed E-state index contributed by atoms with van der Waals surface area (Å²) in [6.45, 7) is 2.07. The molecular formula is C33H22BrN3O2S. The van der Waals surface area contributed by atoms with Crippen molar-refractivity contribution in [1.82, 2.24) is 9.97 Å². The number of aryl methyl sites for hydroxylation is 1. The van der Waals surface area contributed by atoms with Gasteiger partial charge in [0.1, 0.15) is 11.3 Å². The molecule has 0 bridgehead atoms. The molecule has 1 unspecified atom stereocenters. The molecule has 2 aromatic heterocycles. The predicted molar refractivity (Wildman–Crippen MR) is 166 cm³/mol. The van der Waals surface area contributed by atoms with E-state index >= 15 is 0 Å². The van der Waals surface area contributed by atoms with Crippen molar-refractivity contribution in [3.8, 4) is 17.2 Å². The molecule has 1 N–H and O–H groups in total. The van der Waals surface area contributed by atoms with Crippen molar-refractivity contribution in [1.29, 1.82) is 0 Å². The molecule has 1 aliphatic rings. The summed E-state index contributed by atoms with van der Waals surface area (Å²) in [7, 11) is 1.67. The van der Waals surface area contributed by atoms with Crippen LogP contribution in [-0.2, 0) is 0 Å². The number of aromatic nitrogens is 2. The standard InChI is InChI=1S/C33H22BrN3O2S/c1-17-35-31-25(40-17)16-15-24-27(31)26(18-7-11-20(34)12-8-18)28-29(36-24)22-5-3-4-6-23(22)30-32(28)39-33(37-30)19-9-13-21(38-2)14-10-19/h3-16,26,36H,1-2H3. The second kappa shape index (κ2) is 8.91. The van der Waals surface area contributed by atoms with Crippen LogP contribution < -0.4 is 10.1 Å². The number of oxazole rings is 1. The molecule has 40 heavy (non-hydrogen) atoms. The van der Waals surface area contributed by atoms with Crippen LogP contribution in [0.3, 0.4) is 0 Å². The van der Waals surface area contributed by atoms with Crippen LogP contribution in [-0.4, -0.2) is 17.1 Å². The molecule has 1 aliphatic heterocycles. The number of anilines is 2. The first-order valence-electron chi connectivity index (χ1n) is 13.0. The van der Waals surface area contributed by atoms with Gasteiger partial charge in [0.2, 0.25) is 5.89 Å². The quantitative estimate of drug-likeness (QED) is 0.218. The smallest absolute Gasteiger partial charge is 0.227 e. The molecule has 0 spiro atoms. The number of hydrogen-bond acceptors (Lipinski definition) is 6. The zero-order chi connectivity index (χ0) is 27.0. The Morgan fingerprint density at radius 2 is 1.62 bits per heavy atom. The summed E-state index contributed by atoms with van der Waals surface area (Å²) in [5.74, 6) is 1.27. The number of rotatable bonds is 3. The number of benzene rings is 5. The molecule has 1 atom stereocenters. The third-order valence-corrected chi connectivity index (χ3v) is 9.14. The highest BCUT2D eigenvalue weighted by atomic mass is 79.9. The number of halogens is 1. The van der Waals surface area contributed by atoms with Gasteiger partial charge >= 0.3 is 0 Å². The fourth-order valence-corrected chi connectivity index (χ4v) is 7.02. The van der Waals surface area contributed by atoms with Crippen molar-refractivity contribution in [2.45, 2.75) is 12.8 Å². The van der Waals surface area contributed by atoms with Gasteiger partial charge < -0.3 is 14.5 Å². The van der Waals surface area contributed by atoms with Gasteiger partial charge in [-0.25, -0.2) is 9.97 Å². The van der Waals surface area contributed by atoms with Crippen molar-refractivity contribution < 1.29 is 9.15 Å². The van der Waals surface area contributed by atoms with Crippen LogP contribution in [0.15, 0.2) is 93.8 Å². The summed E-state index contributed by atoms with van der Waals surface area (Å²) in [6.07, 6.45) is 0. The summed E-state index contributed by atoms with van der Waals surface area (Å²) in [4.78, 5) is 10.1. The molecule has 0 saturated carbocycles. The molecule has 7 heteroatoms. The fourth-order valence-electron chi connectivity index (χ4n) is 5.91. The Hall–Kier alpha value is -4.20. The highest BCUT2D eigenvalue weighted by Gasteiger charge is 2.35. The molecule has 5 nitrogen and oxygen atoms in total. The molecule has 0 radical (unpaired) electrons. The first-order chi connectivity index (χ1) is 19.6.